The number of amides is 1. The largest absolute Gasteiger partial charge is 0.381 e. The molecule has 0 radical (unpaired) electrons. The fourth-order valence-electron chi connectivity index (χ4n) is 5.20. The topological polar surface area (TPSA) is 72.3 Å². The molecule has 5 rings (SSSR count). The van der Waals surface area contributed by atoms with Crippen LogP contribution in [0.4, 0.5) is 0 Å². The fraction of sp³-hybridized carbons (Fsp3) is 0.696. The summed E-state index contributed by atoms with van der Waals surface area (Å²) in [7, 11) is 1.91. The molecule has 3 fully saturated rings. The van der Waals surface area contributed by atoms with Gasteiger partial charge in [-0.3, -0.25) is 9.48 Å². The van der Waals surface area contributed by atoms with Crippen molar-refractivity contribution in [2.75, 3.05) is 39.4 Å². The van der Waals surface area contributed by atoms with Crippen LogP contribution in [-0.4, -0.2) is 65.0 Å². The van der Waals surface area contributed by atoms with Crippen molar-refractivity contribution in [3.05, 3.63) is 23.0 Å². The molecule has 162 valence electrons. The molecule has 2 aromatic heterocycles. The van der Waals surface area contributed by atoms with Gasteiger partial charge in [-0.25, -0.2) is 4.98 Å². The van der Waals surface area contributed by atoms with E-state index in [2.05, 4.69) is 15.3 Å². The molecule has 0 bridgehead atoms. The minimum absolute atomic E-state index is 0.00712. The van der Waals surface area contributed by atoms with Crippen LogP contribution in [0.3, 0.4) is 0 Å². The Labute approximate surface area is 178 Å². The van der Waals surface area contributed by atoms with Crippen LogP contribution in [0, 0.1) is 12.3 Å². The minimum Gasteiger partial charge on any atom is -0.381 e. The summed E-state index contributed by atoms with van der Waals surface area (Å²) in [4.78, 5) is 20.8. The van der Waals surface area contributed by atoms with Gasteiger partial charge < -0.3 is 15.0 Å². The number of aromatic nitrogens is 3. The van der Waals surface area contributed by atoms with Crippen molar-refractivity contribution in [1.29, 1.82) is 0 Å². The molecule has 2 aliphatic heterocycles. The lowest BCUT2D eigenvalue weighted by atomic mass is 9.79. The molecule has 3 aliphatic rings. The molecule has 1 amide bonds. The zero-order valence-corrected chi connectivity index (χ0v) is 18.2. The standard InChI is InChI=1S/C23H33N5O2/c1-16-20-18(13-19(17-5-6-17)25-21(20)27(2)26-16)22(29)24-14-23(7-11-30-12-8-23)15-28-9-3-4-10-28/h13,17H,3-12,14-15H2,1-2H3,(H,24,29). The monoisotopic (exact) mass is 411 g/mol. The summed E-state index contributed by atoms with van der Waals surface area (Å²) in [5.41, 5.74) is 3.56. The van der Waals surface area contributed by atoms with E-state index in [0.29, 0.717) is 12.5 Å². The van der Waals surface area contributed by atoms with Crippen LogP contribution in [-0.2, 0) is 11.8 Å². The minimum atomic E-state index is 0.00712. The summed E-state index contributed by atoms with van der Waals surface area (Å²) in [6, 6.07) is 2.02. The van der Waals surface area contributed by atoms with Gasteiger partial charge in [0.05, 0.1) is 16.6 Å². The van der Waals surface area contributed by atoms with Gasteiger partial charge in [-0.1, -0.05) is 0 Å². The molecule has 7 heteroatoms. The lowest BCUT2D eigenvalue weighted by molar-refractivity contribution is -0.000621. The van der Waals surface area contributed by atoms with Crippen LogP contribution in [0.15, 0.2) is 6.07 Å². The van der Waals surface area contributed by atoms with Crippen LogP contribution in [0.5, 0.6) is 0 Å². The molecule has 2 aromatic rings. The number of rotatable bonds is 6. The number of carbonyl (C=O) groups is 1. The molecular weight excluding hydrogens is 378 g/mol. The zero-order chi connectivity index (χ0) is 20.7. The van der Waals surface area contributed by atoms with E-state index in [-0.39, 0.29) is 11.3 Å². The van der Waals surface area contributed by atoms with Gasteiger partial charge in [0, 0.05) is 50.4 Å². The molecule has 4 heterocycles. The molecule has 2 saturated heterocycles. The molecule has 1 aliphatic carbocycles. The van der Waals surface area contributed by atoms with Gasteiger partial charge in [-0.2, -0.15) is 5.10 Å². The Balaban J connectivity index is 1.39. The Morgan fingerprint density at radius 1 is 1.27 bits per heavy atom. The van der Waals surface area contributed by atoms with E-state index in [1.165, 1.54) is 25.9 Å². The van der Waals surface area contributed by atoms with E-state index in [0.717, 1.165) is 73.4 Å². The molecule has 30 heavy (non-hydrogen) atoms. The molecule has 0 spiro atoms. The number of likely N-dealkylation sites (tertiary alicyclic amines) is 1. The molecule has 0 aromatic carbocycles. The van der Waals surface area contributed by atoms with Crippen molar-refractivity contribution in [1.82, 2.24) is 25.0 Å². The Morgan fingerprint density at radius 3 is 2.70 bits per heavy atom. The maximum atomic E-state index is 13.4. The predicted molar refractivity (Wildman–Crippen MR) is 116 cm³/mol. The normalized spacial score (nSPS) is 21.9. The molecular formula is C23H33N5O2. The quantitative estimate of drug-likeness (QED) is 0.791. The lowest BCUT2D eigenvalue weighted by Gasteiger charge is -2.40. The molecule has 1 saturated carbocycles. The van der Waals surface area contributed by atoms with E-state index >= 15 is 0 Å². The Kier molecular flexibility index (Phi) is 5.27. The summed E-state index contributed by atoms with van der Waals surface area (Å²) in [5.74, 6) is 0.501. The summed E-state index contributed by atoms with van der Waals surface area (Å²) in [6.07, 6.45) is 6.92. The first-order chi connectivity index (χ1) is 14.5. The average molecular weight is 412 g/mol. The van der Waals surface area contributed by atoms with Crippen LogP contribution < -0.4 is 5.32 Å². The van der Waals surface area contributed by atoms with Gasteiger partial charge in [-0.05, 0) is 64.6 Å². The van der Waals surface area contributed by atoms with E-state index in [4.69, 9.17) is 9.72 Å². The molecule has 0 unspecified atom stereocenters. The molecule has 7 nitrogen and oxygen atoms in total. The number of fused-ring (bicyclic) bond motifs is 1. The van der Waals surface area contributed by atoms with E-state index < -0.39 is 0 Å². The second-order valence-corrected chi connectivity index (χ2v) is 9.55. The lowest BCUT2D eigenvalue weighted by Crippen LogP contribution is -2.48. The van der Waals surface area contributed by atoms with E-state index in [1.54, 1.807) is 4.68 Å². The highest BCUT2D eigenvalue weighted by Gasteiger charge is 2.36. The highest BCUT2D eigenvalue weighted by molar-refractivity contribution is 6.06. The van der Waals surface area contributed by atoms with Gasteiger partial charge in [0.25, 0.3) is 5.91 Å². The number of nitrogens with zero attached hydrogens (tertiary/aromatic N) is 4. The number of nitrogens with one attached hydrogen (secondary N) is 1. The third-order valence-electron chi connectivity index (χ3n) is 7.16. The van der Waals surface area contributed by atoms with Crippen LogP contribution in [0.2, 0.25) is 0 Å². The highest BCUT2D eigenvalue weighted by atomic mass is 16.5. The van der Waals surface area contributed by atoms with Gasteiger partial charge in [0.2, 0.25) is 0 Å². The van der Waals surface area contributed by atoms with Crippen molar-refractivity contribution in [3.63, 3.8) is 0 Å². The third-order valence-corrected chi connectivity index (χ3v) is 7.16. The van der Waals surface area contributed by atoms with Crippen molar-refractivity contribution in [2.24, 2.45) is 12.5 Å². The summed E-state index contributed by atoms with van der Waals surface area (Å²) >= 11 is 0. The molecule has 1 N–H and O–H groups in total. The van der Waals surface area contributed by atoms with Crippen molar-refractivity contribution in [3.8, 4) is 0 Å². The maximum Gasteiger partial charge on any atom is 0.252 e. The average Bonchev–Trinajstić information content (AvgIpc) is 3.41. The summed E-state index contributed by atoms with van der Waals surface area (Å²) < 4.78 is 7.46. The maximum absolute atomic E-state index is 13.4. The number of hydrogen-bond donors (Lipinski definition) is 1. The van der Waals surface area contributed by atoms with Crippen molar-refractivity contribution < 1.29 is 9.53 Å². The number of hydrogen-bond acceptors (Lipinski definition) is 5. The predicted octanol–water partition coefficient (Wildman–Crippen LogP) is 2.78. The zero-order valence-electron chi connectivity index (χ0n) is 18.2. The first kappa shape index (κ1) is 19.9. The first-order valence-corrected chi connectivity index (χ1v) is 11.5. The van der Waals surface area contributed by atoms with E-state index in [1.807, 2.05) is 20.0 Å². The van der Waals surface area contributed by atoms with Gasteiger partial charge in [0.1, 0.15) is 0 Å². The Bertz CT molecular complexity index is 937. The fourth-order valence-corrected chi connectivity index (χ4v) is 5.20. The SMILES string of the molecule is Cc1nn(C)c2nc(C3CC3)cc(C(=O)NCC3(CN4CCCC4)CCOCC3)c12. The Hall–Kier alpha value is -1.99. The number of ether oxygens (including phenoxy) is 1. The van der Waals surface area contributed by atoms with Crippen molar-refractivity contribution >= 4 is 16.9 Å². The second-order valence-electron chi connectivity index (χ2n) is 9.55. The Morgan fingerprint density at radius 2 is 2.00 bits per heavy atom. The summed E-state index contributed by atoms with van der Waals surface area (Å²) in [6.45, 7) is 7.66. The van der Waals surface area contributed by atoms with Crippen LogP contribution in [0.25, 0.3) is 11.0 Å². The van der Waals surface area contributed by atoms with E-state index in [9.17, 15) is 4.79 Å². The number of carbonyl (C=O) groups excluding carboxylic acids is 1. The van der Waals surface area contributed by atoms with Gasteiger partial charge >= 0.3 is 0 Å². The highest BCUT2D eigenvalue weighted by Crippen LogP contribution is 2.40. The van der Waals surface area contributed by atoms with Crippen LogP contribution in [0.1, 0.15) is 66.2 Å². The van der Waals surface area contributed by atoms with Crippen LogP contribution >= 0.6 is 0 Å². The molecule has 0 atom stereocenters. The third kappa shape index (κ3) is 3.85. The second kappa shape index (κ2) is 7.93. The van der Waals surface area contributed by atoms with Gasteiger partial charge in [0.15, 0.2) is 5.65 Å². The van der Waals surface area contributed by atoms with Crippen molar-refractivity contribution in [2.45, 2.75) is 51.4 Å². The number of pyridine rings is 1. The smallest absolute Gasteiger partial charge is 0.252 e. The summed E-state index contributed by atoms with van der Waals surface area (Å²) in [5, 5.41) is 8.74. The number of aryl methyl sites for hydroxylation is 2. The first-order valence-electron chi connectivity index (χ1n) is 11.5. The van der Waals surface area contributed by atoms with Gasteiger partial charge in [-0.15, -0.1) is 0 Å².